The molecule has 0 spiro atoms. The molecule has 0 saturated carbocycles. The van der Waals surface area contributed by atoms with E-state index in [1.807, 2.05) is 37.3 Å². The second kappa shape index (κ2) is 5.77. The van der Waals surface area contributed by atoms with Crippen LogP contribution in [0.3, 0.4) is 0 Å². The Morgan fingerprint density at radius 2 is 2.04 bits per heavy atom. The van der Waals surface area contributed by atoms with Crippen molar-refractivity contribution in [3.05, 3.63) is 36.0 Å². The van der Waals surface area contributed by atoms with Crippen molar-refractivity contribution >= 4 is 21.9 Å². The van der Waals surface area contributed by atoms with Crippen LogP contribution in [0.1, 0.15) is 12.1 Å². The van der Waals surface area contributed by atoms with Crippen LogP contribution in [0, 0.1) is 12.8 Å². The number of H-pyrrole nitrogens is 1. The standard InChI is InChI=1S/C15H16FN3O3S/c1-10-14(12-5-3-2-4-6-12)15(18-17-10)19-8-11(7-13(19)20)9-23(16,21)22/h2-6,11H,7-9H2,1H3,(H,17,18). The molecule has 1 aromatic heterocycles. The third kappa shape index (κ3) is 3.26. The highest BCUT2D eigenvalue weighted by molar-refractivity contribution is 7.86. The fourth-order valence-electron chi connectivity index (χ4n) is 2.94. The van der Waals surface area contributed by atoms with Crippen molar-refractivity contribution < 1.29 is 17.1 Å². The zero-order valence-electron chi connectivity index (χ0n) is 12.5. The fraction of sp³-hybridized carbons (Fsp3) is 0.333. The van der Waals surface area contributed by atoms with Gasteiger partial charge in [0.05, 0.1) is 5.75 Å². The molecule has 3 rings (SSSR count). The molecule has 1 atom stereocenters. The van der Waals surface area contributed by atoms with Gasteiger partial charge in [0.15, 0.2) is 5.82 Å². The molecule has 1 aromatic carbocycles. The van der Waals surface area contributed by atoms with Crippen molar-refractivity contribution in [3.8, 4) is 11.1 Å². The van der Waals surface area contributed by atoms with E-state index in [9.17, 15) is 17.1 Å². The first-order valence-corrected chi connectivity index (χ1v) is 8.73. The summed E-state index contributed by atoms with van der Waals surface area (Å²) >= 11 is 0. The van der Waals surface area contributed by atoms with E-state index in [1.54, 1.807) is 0 Å². The second-order valence-corrected chi connectivity index (χ2v) is 7.10. The lowest BCUT2D eigenvalue weighted by molar-refractivity contribution is -0.117. The van der Waals surface area contributed by atoms with Crippen LogP contribution in [0.15, 0.2) is 30.3 Å². The summed E-state index contributed by atoms with van der Waals surface area (Å²) in [5.74, 6) is -0.989. The normalized spacial score (nSPS) is 18.6. The number of aromatic amines is 1. The first kappa shape index (κ1) is 15.7. The molecule has 1 unspecified atom stereocenters. The minimum atomic E-state index is -4.60. The average Bonchev–Trinajstić information content (AvgIpc) is 3.01. The number of nitrogens with zero attached hydrogens (tertiary/aromatic N) is 2. The van der Waals surface area contributed by atoms with Gasteiger partial charge in [0.25, 0.3) is 0 Å². The number of carbonyl (C=O) groups is 1. The summed E-state index contributed by atoms with van der Waals surface area (Å²) in [5.41, 5.74) is 2.51. The molecule has 0 aliphatic carbocycles. The largest absolute Gasteiger partial charge is 0.302 e. The van der Waals surface area contributed by atoms with Gasteiger partial charge in [0, 0.05) is 30.1 Å². The van der Waals surface area contributed by atoms with Crippen LogP contribution in [0.25, 0.3) is 11.1 Å². The Balaban J connectivity index is 1.93. The molecule has 1 fully saturated rings. The molecule has 6 nitrogen and oxygen atoms in total. The molecular weight excluding hydrogens is 321 g/mol. The van der Waals surface area contributed by atoms with Crippen molar-refractivity contribution in [2.75, 3.05) is 17.2 Å². The molecule has 2 heterocycles. The van der Waals surface area contributed by atoms with E-state index in [4.69, 9.17) is 0 Å². The van der Waals surface area contributed by atoms with Gasteiger partial charge < -0.3 is 0 Å². The summed E-state index contributed by atoms with van der Waals surface area (Å²) in [5, 5.41) is 7.05. The minimum Gasteiger partial charge on any atom is -0.294 e. The number of aromatic nitrogens is 2. The number of hydrogen-bond donors (Lipinski definition) is 1. The summed E-state index contributed by atoms with van der Waals surface area (Å²) in [6.45, 7) is 2.00. The van der Waals surface area contributed by atoms with Crippen LogP contribution in [-0.4, -0.2) is 36.8 Å². The Morgan fingerprint density at radius 3 is 2.70 bits per heavy atom. The molecule has 23 heavy (non-hydrogen) atoms. The zero-order valence-corrected chi connectivity index (χ0v) is 13.3. The van der Waals surface area contributed by atoms with Crippen molar-refractivity contribution in [3.63, 3.8) is 0 Å². The molecular formula is C15H16FN3O3S. The van der Waals surface area contributed by atoms with E-state index in [1.165, 1.54) is 4.90 Å². The minimum absolute atomic E-state index is 0.00326. The smallest absolute Gasteiger partial charge is 0.294 e. The Morgan fingerprint density at radius 1 is 1.35 bits per heavy atom. The topological polar surface area (TPSA) is 83.1 Å². The van der Waals surface area contributed by atoms with Gasteiger partial charge in [-0.15, -0.1) is 3.89 Å². The van der Waals surface area contributed by atoms with E-state index < -0.39 is 21.9 Å². The van der Waals surface area contributed by atoms with Gasteiger partial charge in [-0.3, -0.25) is 14.8 Å². The number of halogens is 1. The maximum absolute atomic E-state index is 12.9. The molecule has 122 valence electrons. The summed E-state index contributed by atoms with van der Waals surface area (Å²) in [6.07, 6.45) is 0.00326. The summed E-state index contributed by atoms with van der Waals surface area (Å²) < 4.78 is 34.5. The summed E-state index contributed by atoms with van der Waals surface area (Å²) in [7, 11) is -4.60. The first-order valence-electron chi connectivity index (χ1n) is 7.18. The molecule has 1 aliphatic rings. The van der Waals surface area contributed by atoms with Crippen molar-refractivity contribution in [1.82, 2.24) is 10.2 Å². The first-order chi connectivity index (χ1) is 10.8. The lowest BCUT2D eigenvalue weighted by Gasteiger charge is -2.16. The molecule has 1 N–H and O–H groups in total. The van der Waals surface area contributed by atoms with Crippen LogP contribution in [0.2, 0.25) is 0 Å². The van der Waals surface area contributed by atoms with Gasteiger partial charge in [0.2, 0.25) is 5.91 Å². The van der Waals surface area contributed by atoms with E-state index >= 15 is 0 Å². The van der Waals surface area contributed by atoms with Gasteiger partial charge in [-0.25, -0.2) is 0 Å². The number of aryl methyl sites for hydroxylation is 1. The number of nitrogens with one attached hydrogen (secondary N) is 1. The number of carbonyl (C=O) groups excluding carboxylic acids is 1. The molecule has 1 saturated heterocycles. The predicted molar refractivity (Wildman–Crippen MR) is 84.1 cm³/mol. The Bertz CT molecular complexity index is 833. The maximum Gasteiger partial charge on any atom is 0.302 e. The van der Waals surface area contributed by atoms with Gasteiger partial charge in [0.1, 0.15) is 0 Å². The van der Waals surface area contributed by atoms with Crippen molar-refractivity contribution in [1.29, 1.82) is 0 Å². The molecule has 8 heteroatoms. The number of rotatable bonds is 4. The van der Waals surface area contributed by atoms with Gasteiger partial charge in [-0.1, -0.05) is 30.3 Å². The van der Waals surface area contributed by atoms with Crippen LogP contribution >= 0.6 is 0 Å². The summed E-state index contributed by atoms with van der Waals surface area (Å²) in [4.78, 5) is 13.7. The highest BCUT2D eigenvalue weighted by atomic mass is 32.3. The van der Waals surface area contributed by atoms with Crippen molar-refractivity contribution in [2.24, 2.45) is 5.92 Å². The average molecular weight is 337 g/mol. The van der Waals surface area contributed by atoms with Crippen LogP contribution in [0.4, 0.5) is 9.70 Å². The number of benzene rings is 1. The zero-order chi connectivity index (χ0) is 16.6. The lowest BCUT2D eigenvalue weighted by atomic mass is 10.1. The predicted octanol–water partition coefficient (Wildman–Crippen LogP) is 2.04. The highest BCUT2D eigenvalue weighted by Crippen LogP contribution is 2.35. The maximum atomic E-state index is 12.9. The third-order valence-corrected chi connectivity index (χ3v) is 4.76. The molecule has 0 radical (unpaired) electrons. The van der Waals surface area contributed by atoms with E-state index in [-0.39, 0.29) is 18.9 Å². The number of hydrogen-bond acceptors (Lipinski definition) is 4. The monoisotopic (exact) mass is 337 g/mol. The summed E-state index contributed by atoms with van der Waals surface area (Å²) in [6, 6.07) is 9.48. The van der Waals surface area contributed by atoms with Gasteiger partial charge >= 0.3 is 10.2 Å². The second-order valence-electron chi connectivity index (χ2n) is 5.69. The van der Waals surface area contributed by atoms with Gasteiger partial charge in [-0.05, 0) is 12.5 Å². The Hall–Kier alpha value is -2.22. The van der Waals surface area contributed by atoms with Crippen LogP contribution < -0.4 is 4.90 Å². The molecule has 2 aromatic rings. The highest BCUT2D eigenvalue weighted by Gasteiger charge is 2.36. The molecule has 0 bridgehead atoms. The van der Waals surface area contributed by atoms with E-state index in [0.717, 1.165) is 16.8 Å². The Kier molecular flexibility index (Phi) is 3.93. The van der Waals surface area contributed by atoms with Gasteiger partial charge in [-0.2, -0.15) is 13.5 Å². The number of anilines is 1. The molecule has 1 amide bonds. The third-order valence-electron chi connectivity index (χ3n) is 3.89. The fourth-order valence-corrected chi connectivity index (χ4v) is 3.73. The van der Waals surface area contributed by atoms with Crippen molar-refractivity contribution in [2.45, 2.75) is 13.3 Å². The van der Waals surface area contributed by atoms with E-state index in [2.05, 4.69) is 10.2 Å². The quantitative estimate of drug-likeness (QED) is 0.866. The van der Waals surface area contributed by atoms with Crippen LogP contribution in [0.5, 0.6) is 0 Å². The Labute approximate surface area is 133 Å². The SMILES string of the molecule is Cc1[nH]nc(N2CC(CS(=O)(=O)F)CC2=O)c1-c1ccccc1. The van der Waals surface area contributed by atoms with Crippen LogP contribution in [-0.2, 0) is 15.0 Å². The lowest BCUT2D eigenvalue weighted by Crippen LogP contribution is -2.26. The number of amides is 1. The molecule has 1 aliphatic heterocycles. The van der Waals surface area contributed by atoms with E-state index in [0.29, 0.717) is 5.82 Å².